The molecule has 3 rings (SSSR count). The minimum atomic E-state index is -1.09. The molecule has 0 spiro atoms. The van der Waals surface area contributed by atoms with Crippen LogP contribution in [0.3, 0.4) is 0 Å². The van der Waals surface area contributed by atoms with Gasteiger partial charge in [-0.3, -0.25) is 4.79 Å². The highest BCUT2D eigenvalue weighted by Crippen LogP contribution is 2.40. The van der Waals surface area contributed by atoms with Crippen LogP contribution in [0.25, 0.3) is 0 Å². The van der Waals surface area contributed by atoms with Crippen molar-refractivity contribution in [3.05, 3.63) is 34.9 Å². The van der Waals surface area contributed by atoms with Gasteiger partial charge in [-0.1, -0.05) is 55.8 Å². The number of halogens is 1. The molecule has 1 heterocycles. The molecule has 2 amide bonds. The molecular formula is C25H37ClN2O4. The second-order valence-electron chi connectivity index (χ2n) is 10.2. The first-order valence-corrected chi connectivity index (χ1v) is 12.2. The molecular weight excluding hydrogens is 428 g/mol. The van der Waals surface area contributed by atoms with Crippen molar-refractivity contribution in [3.8, 4) is 0 Å². The standard InChI is InChI=1S/C25H37ClN2O4/c1-24(2,3)32-23(30)28-16-14-27(15-17-28)22(29)21(19-10-9-11-20(26)18-19)25(31)12-7-5-4-6-8-13-25/h9-11,18,21,31H,4-8,12-17H2,1-3H3. The Morgan fingerprint density at radius 3 is 2.12 bits per heavy atom. The highest BCUT2D eigenvalue weighted by Gasteiger charge is 2.44. The summed E-state index contributed by atoms with van der Waals surface area (Å²) in [6.45, 7) is 7.21. The van der Waals surface area contributed by atoms with Crippen molar-refractivity contribution < 1.29 is 19.4 Å². The molecule has 1 atom stereocenters. The van der Waals surface area contributed by atoms with Gasteiger partial charge in [-0.15, -0.1) is 0 Å². The Morgan fingerprint density at radius 1 is 1.00 bits per heavy atom. The zero-order chi connectivity index (χ0) is 23.4. The predicted octanol–water partition coefficient (Wildman–Crippen LogP) is 4.98. The van der Waals surface area contributed by atoms with Gasteiger partial charge in [0.1, 0.15) is 5.60 Å². The monoisotopic (exact) mass is 464 g/mol. The lowest BCUT2D eigenvalue weighted by Crippen LogP contribution is -2.55. The summed E-state index contributed by atoms with van der Waals surface area (Å²) in [5, 5.41) is 12.3. The summed E-state index contributed by atoms with van der Waals surface area (Å²) in [6.07, 6.45) is 6.01. The summed E-state index contributed by atoms with van der Waals surface area (Å²) in [6, 6.07) is 7.32. The quantitative estimate of drug-likeness (QED) is 0.684. The molecule has 2 aliphatic rings. The van der Waals surface area contributed by atoms with Gasteiger partial charge >= 0.3 is 6.09 Å². The van der Waals surface area contributed by atoms with E-state index in [4.69, 9.17) is 16.3 Å². The zero-order valence-electron chi connectivity index (χ0n) is 19.6. The largest absolute Gasteiger partial charge is 0.444 e. The van der Waals surface area contributed by atoms with Crippen molar-refractivity contribution in [2.45, 2.75) is 82.8 Å². The lowest BCUT2D eigenvalue weighted by atomic mass is 9.73. The van der Waals surface area contributed by atoms with Crippen LogP contribution in [0.1, 0.15) is 77.2 Å². The van der Waals surface area contributed by atoms with E-state index in [1.807, 2.05) is 32.9 Å². The molecule has 1 N–H and O–H groups in total. The Hall–Kier alpha value is -1.79. The van der Waals surface area contributed by atoms with Gasteiger partial charge < -0.3 is 19.6 Å². The van der Waals surface area contributed by atoms with Gasteiger partial charge in [-0.25, -0.2) is 4.79 Å². The Kier molecular flexibility index (Phi) is 8.10. The molecule has 1 aliphatic carbocycles. The van der Waals surface area contributed by atoms with Crippen LogP contribution in [0.2, 0.25) is 5.02 Å². The molecule has 1 unspecified atom stereocenters. The van der Waals surface area contributed by atoms with E-state index in [2.05, 4.69) is 0 Å². The molecule has 1 aliphatic heterocycles. The van der Waals surface area contributed by atoms with E-state index in [0.29, 0.717) is 44.0 Å². The number of hydrogen-bond acceptors (Lipinski definition) is 4. The summed E-state index contributed by atoms with van der Waals surface area (Å²) >= 11 is 6.26. The SMILES string of the molecule is CC(C)(C)OC(=O)N1CCN(C(=O)C(c2cccc(Cl)c2)C2(O)CCCCCCC2)CC1. The van der Waals surface area contributed by atoms with Crippen molar-refractivity contribution >= 4 is 23.6 Å². The fourth-order valence-corrected chi connectivity index (χ4v) is 4.99. The fourth-order valence-electron chi connectivity index (χ4n) is 4.79. The van der Waals surface area contributed by atoms with Crippen molar-refractivity contribution in [1.29, 1.82) is 0 Å². The number of benzene rings is 1. The molecule has 0 bridgehead atoms. The number of amides is 2. The lowest BCUT2D eigenvalue weighted by Gasteiger charge is -2.42. The Morgan fingerprint density at radius 2 is 1.56 bits per heavy atom. The highest BCUT2D eigenvalue weighted by atomic mass is 35.5. The summed E-state index contributed by atoms with van der Waals surface area (Å²) in [5.41, 5.74) is -0.881. The van der Waals surface area contributed by atoms with Gasteiger partial charge in [-0.2, -0.15) is 0 Å². The Labute approximate surface area is 196 Å². The number of nitrogens with zero attached hydrogens (tertiary/aromatic N) is 2. The van der Waals surface area contributed by atoms with E-state index in [0.717, 1.165) is 31.2 Å². The molecule has 178 valence electrons. The molecule has 2 fully saturated rings. The van der Waals surface area contributed by atoms with E-state index < -0.39 is 17.1 Å². The van der Waals surface area contributed by atoms with E-state index in [1.165, 1.54) is 6.42 Å². The number of aliphatic hydroxyl groups is 1. The number of hydrogen-bond donors (Lipinski definition) is 1. The first kappa shape index (κ1) is 24.8. The molecule has 7 heteroatoms. The number of carbonyl (C=O) groups is 2. The van der Waals surface area contributed by atoms with Crippen LogP contribution in [0.5, 0.6) is 0 Å². The molecule has 32 heavy (non-hydrogen) atoms. The minimum Gasteiger partial charge on any atom is -0.444 e. The summed E-state index contributed by atoms with van der Waals surface area (Å²) in [4.78, 5) is 29.6. The second kappa shape index (κ2) is 10.4. The van der Waals surface area contributed by atoms with Crippen molar-refractivity contribution in [2.75, 3.05) is 26.2 Å². The molecule has 6 nitrogen and oxygen atoms in total. The van der Waals surface area contributed by atoms with Crippen LogP contribution in [-0.4, -0.2) is 64.3 Å². The Bertz CT molecular complexity index is 791. The molecule has 1 saturated heterocycles. The van der Waals surface area contributed by atoms with Crippen LogP contribution >= 0.6 is 11.6 Å². The summed E-state index contributed by atoms with van der Waals surface area (Å²) in [5.74, 6) is -0.744. The van der Waals surface area contributed by atoms with Gasteiger partial charge in [0.25, 0.3) is 0 Å². The number of carbonyl (C=O) groups excluding carboxylic acids is 2. The van der Waals surface area contributed by atoms with Crippen molar-refractivity contribution in [3.63, 3.8) is 0 Å². The molecule has 1 aromatic rings. The average Bonchev–Trinajstić information content (AvgIpc) is 2.70. The number of rotatable bonds is 3. The maximum absolute atomic E-state index is 13.8. The zero-order valence-corrected chi connectivity index (χ0v) is 20.4. The topological polar surface area (TPSA) is 70.1 Å². The van der Waals surface area contributed by atoms with Gasteiger partial charge in [0.2, 0.25) is 5.91 Å². The van der Waals surface area contributed by atoms with Gasteiger partial charge in [0.15, 0.2) is 0 Å². The summed E-state index contributed by atoms with van der Waals surface area (Å²) < 4.78 is 5.47. The number of ether oxygens (including phenoxy) is 1. The first-order valence-electron chi connectivity index (χ1n) is 11.8. The maximum atomic E-state index is 13.8. The summed E-state index contributed by atoms with van der Waals surface area (Å²) in [7, 11) is 0. The van der Waals surface area contributed by atoms with Crippen molar-refractivity contribution in [1.82, 2.24) is 9.80 Å². The van der Waals surface area contributed by atoms with Gasteiger partial charge in [0.05, 0.1) is 11.5 Å². The van der Waals surface area contributed by atoms with E-state index in [9.17, 15) is 14.7 Å². The van der Waals surface area contributed by atoms with E-state index in [1.54, 1.807) is 21.9 Å². The highest BCUT2D eigenvalue weighted by molar-refractivity contribution is 6.30. The number of piperazine rings is 1. The van der Waals surface area contributed by atoms with Crippen molar-refractivity contribution in [2.24, 2.45) is 0 Å². The van der Waals surface area contributed by atoms with Crippen LogP contribution in [0, 0.1) is 0 Å². The van der Waals surface area contributed by atoms with Crippen LogP contribution in [0.4, 0.5) is 4.79 Å². The lowest BCUT2D eigenvalue weighted by molar-refractivity contribution is -0.142. The van der Waals surface area contributed by atoms with Crippen LogP contribution in [0.15, 0.2) is 24.3 Å². The molecule has 0 aromatic heterocycles. The van der Waals surface area contributed by atoms with Crippen LogP contribution < -0.4 is 0 Å². The Balaban J connectivity index is 1.78. The second-order valence-corrected chi connectivity index (χ2v) is 10.6. The minimum absolute atomic E-state index is 0.0841. The molecule has 1 saturated carbocycles. The third-order valence-electron chi connectivity index (χ3n) is 6.43. The van der Waals surface area contributed by atoms with E-state index >= 15 is 0 Å². The maximum Gasteiger partial charge on any atom is 0.410 e. The van der Waals surface area contributed by atoms with E-state index in [-0.39, 0.29) is 12.0 Å². The van der Waals surface area contributed by atoms with Crippen LogP contribution in [-0.2, 0) is 9.53 Å². The first-order chi connectivity index (χ1) is 15.1. The molecule has 0 radical (unpaired) electrons. The van der Waals surface area contributed by atoms with Gasteiger partial charge in [-0.05, 0) is 51.3 Å². The van der Waals surface area contributed by atoms with Gasteiger partial charge in [0, 0.05) is 31.2 Å². The third kappa shape index (κ3) is 6.38. The normalized spacial score (nSPS) is 20.8. The molecule has 1 aromatic carbocycles. The predicted molar refractivity (Wildman–Crippen MR) is 126 cm³/mol. The fraction of sp³-hybridized carbons (Fsp3) is 0.680. The average molecular weight is 465 g/mol. The smallest absolute Gasteiger partial charge is 0.410 e. The third-order valence-corrected chi connectivity index (χ3v) is 6.66.